The van der Waals surface area contributed by atoms with Crippen LogP contribution < -0.4 is 5.32 Å². The Labute approximate surface area is 167 Å². The average molecular weight is 425 g/mol. The lowest BCUT2D eigenvalue weighted by atomic mass is 9.86. The number of hydrogen-bond donors (Lipinski definition) is 1. The quantitative estimate of drug-likeness (QED) is 0.628. The van der Waals surface area contributed by atoms with Gasteiger partial charge in [0.2, 0.25) is 5.91 Å². The van der Waals surface area contributed by atoms with Gasteiger partial charge < -0.3 is 5.32 Å². The third-order valence-corrected chi connectivity index (χ3v) is 5.16. The SMILES string of the molecule is CC1(C)CC(C(=O)Nc2ccnc(C(F)(F)F)c2)c2cnn3cc(C(F)F)nc3c21. The third kappa shape index (κ3) is 3.37. The van der Waals surface area contributed by atoms with Crippen molar-refractivity contribution in [3.63, 3.8) is 0 Å². The summed E-state index contributed by atoms with van der Waals surface area (Å²) in [5, 5.41) is 6.58. The summed E-state index contributed by atoms with van der Waals surface area (Å²) in [7, 11) is 0. The van der Waals surface area contributed by atoms with E-state index in [0.717, 1.165) is 18.5 Å². The van der Waals surface area contributed by atoms with E-state index in [1.54, 1.807) is 0 Å². The number of hydrogen-bond acceptors (Lipinski definition) is 4. The van der Waals surface area contributed by atoms with Gasteiger partial charge >= 0.3 is 6.18 Å². The fraction of sp³-hybridized carbons (Fsp3) is 0.368. The molecule has 11 heteroatoms. The Morgan fingerprint density at radius 3 is 2.73 bits per heavy atom. The first-order valence-corrected chi connectivity index (χ1v) is 8.98. The van der Waals surface area contributed by atoms with Gasteiger partial charge in [0.15, 0.2) is 5.65 Å². The van der Waals surface area contributed by atoms with Gasteiger partial charge in [0, 0.05) is 17.4 Å². The monoisotopic (exact) mass is 425 g/mol. The highest BCUT2D eigenvalue weighted by molar-refractivity contribution is 5.97. The van der Waals surface area contributed by atoms with Gasteiger partial charge in [-0.25, -0.2) is 18.3 Å². The van der Waals surface area contributed by atoms with Crippen molar-refractivity contribution in [1.29, 1.82) is 0 Å². The molecule has 3 aromatic heterocycles. The average Bonchev–Trinajstić information content (AvgIpc) is 3.20. The molecule has 30 heavy (non-hydrogen) atoms. The van der Waals surface area contributed by atoms with E-state index in [1.807, 2.05) is 13.8 Å². The second-order valence-corrected chi connectivity index (χ2v) is 7.77. The predicted molar refractivity (Wildman–Crippen MR) is 96.2 cm³/mol. The van der Waals surface area contributed by atoms with E-state index in [4.69, 9.17) is 0 Å². The number of halogens is 5. The van der Waals surface area contributed by atoms with Crippen LogP contribution in [-0.4, -0.2) is 25.5 Å². The molecule has 0 aromatic carbocycles. The van der Waals surface area contributed by atoms with Crippen LogP contribution in [0.1, 0.15) is 55.1 Å². The Balaban J connectivity index is 1.69. The van der Waals surface area contributed by atoms with Gasteiger partial charge in [0.1, 0.15) is 11.4 Å². The molecule has 1 N–H and O–H groups in total. The molecule has 0 saturated carbocycles. The standard InChI is InChI=1S/C19H16F5N5O/c1-18(2)6-10(17(30)27-9-3-4-25-13(5-9)19(22,23)24)11-7-26-29-8-12(15(20)21)28-16(29)14(11)18/h3-5,7-8,10,15H,6H2,1-2H3,(H,25,27,30). The van der Waals surface area contributed by atoms with Crippen LogP contribution in [0, 0.1) is 0 Å². The van der Waals surface area contributed by atoms with E-state index in [0.29, 0.717) is 17.5 Å². The van der Waals surface area contributed by atoms with Crippen molar-refractivity contribution in [2.45, 2.75) is 44.2 Å². The van der Waals surface area contributed by atoms with Gasteiger partial charge in [-0.1, -0.05) is 13.8 Å². The van der Waals surface area contributed by atoms with Gasteiger partial charge in [0.25, 0.3) is 6.43 Å². The Hall–Kier alpha value is -3.11. The predicted octanol–water partition coefficient (Wildman–Crippen LogP) is 4.48. The first-order valence-electron chi connectivity index (χ1n) is 8.98. The number of carbonyl (C=O) groups excluding carboxylic acids is 1. The summed E-state index contributed by atoms with van der Waals surface area (Å²) in [6, 6.07) is 2.02. The Morgan fingerprint density at radius 2 is 2.07 bits per heavy atom. The van der Waals surface area contributed by atoms with Crippen LogP contribution in [-0.2, 0) is 16.4 Å². The maximum Gasteiger partial charge on any atom is 0.433 e. The van der Waals surface area contributed by atoms with Crippen molar-refractivity contribution < 1.29 is 26.7 Å². The summed E-state index contributed by atoms with van der Waals surface area (Å²) in [5.74, 6) is -1.24. The molecule has 0 aliphatic heterocycles. The lowest BCUT2D eigenvalue weighted by Gasteiger charge is -2.19. The molecule has 158 valence electrons. The van der Waals surface area contributed by atoms with Crippen LogP contribution >= 0.6 is 0 Å². The number of aromatic nitrogens is 4. The highest BCUT2D eigenvalue weighted by Crippen LogP contribution is 2.47. The summed E-state index contributed by atoms with van der Waals surface area (Å²) >= 11 is 0. The van der Waals surface area contributed by atoms with Gasteiger partial charge in [0.05, 0.1) is 18.3 Å². The highest BCUT2D eigenvalue weighted by Gasteiger charge is 2.43. The summed E-state index contributed by atoms with van der Waals surface area (Å²) in [5.41, 5.74) is -0.780. The minimum Gasteiger partial charge on any atom is -0.325 e. The van der Waals surface area contributed by atoms with Crippen molar-refractivity contribution in [2.75, 3.05) is 5.32 Å². The molecule has 0 spiro atoms. The maximum atomic E-state index is 13.1. The molecule has 3 heterocycles. The minimum absolute atomic E-state index is 0.0385. The lowest BCUT2D eigenvalue weighted by molar-refractivity contribution is -0.141. The highest BCUT2D eigenvalue weighted by atomic mass is 19.4. The number of nitrogens with zero attached hydrogens (tertiary/aromatic N) is 4. The number of fused-ring (bicyclic) bond motifs is 3. The Morgan fingerprint density at radius 1 is 1.33 bits per heavy atom. The molecule has 6 nitrogen and oxygen atoms in total. The molecular formula is C19H16F5N5O. The normalized spacial score (nSPS) is 18.1. The number of amides is 1. The van der Waals surface area contributed by atoms with Crippen LogP contribution in [0.3, 0.4) is 0 Å². The summed E-state index contributed by atoms with van der Waals surface area (Å²) in [6.45, 7) is 3.70. The van der Waals surface area contributed by atoms with Crippen molar-refractivity contribution in [1.82, 2.24) is 19.6 Å². The Kier molecular flexibility index (Phi) is 4.51. The van der Waals surface area contributed by atoms with E-state index < -0.39 is 41.2 Å². The number of carbonyl (C=O) groups is 1. The number of pyridine rings is 1. The van der Waals surface area contributed by atoms with Crippen LogP contribution in [0.25, 0.3) is 5.65 Å². The van der Waals surface area contributed by atoms with E-state index in [2.05, 4.69) is 20.4 Å². The molecule has 1 atom stereocenters. The summed E-state index contributed by atoms with van der Waals surface area (Å²) in [6.07, 6.45) is -3.55. The fourth-order valence-corrected chi connectivity index (χ4v) is 3.88. The number of anilines is 1. The van der Waals surface area contributed by atoms with Crippen molar-refractivity contribution in [3.05, 3.63) is 53.2 Å². The topological polar surface area (TPSA) is 72.2 Å². The van der Waals surface area contributed by atoms with Crippen LogP contribution in [0.4, 0.5) is 27.6 Å². The van der Waals surface area contributed by atoms with E-state index in [9.17, 15) is 26.7 Å². The first-order chi connectivity index (χ1) is 14.0. The molecule has 1 amide bonds. The van der Waals surface area contributed by atoms with Crippen molar-refractivity contribution >= 4 is 17.2 Å². The van der Waals surface area contributed by atoms with Gasteiger partial charge in [-0.15, -0.1) is 0 Å². The van der Waals surface area contributed by atoms with Crippen molar-refractivity contribution in [2.24, 2.45) is 0 Å². The molecule has 0 fully saturated rings. The zero-order valence-electron chi connectivity index (χ0n) is 15.8. The van der Waals surface area contributed by atoms with Gasteiger partial charge in [-0.3, -0.25) is 9.78 Å². The second-order valence-electron chi connectivity index (χ2n) is 7.77. The van der Waals surface area contributed by atoms with Gasteiger partial charge in [-0.05, 0) is 29.5 Å². The van der Waals surface area contributed by atoms with Crippen LogP contribution in [0.15, 0.2) is 30.7 Å². The molecule has 3 aromatic rings. The molecular weight excluding hydrogens is 409 g/mol. The second kappa shape index (κ2) is 6.71. The molecule has 0 saturated heterocycles. The number of nitrogens with one attached hydrogen (secondary N) is 1. The zero-order chi connectivity index (χ0) is 21.8. The zero-order valence-corrected chi connectivity index (χ0v) is 15.8. The van der Waals surface area contributed by atoms with Crippen LogP contribution in [0.2, 0.25) is 0 Å². The Bertz CT molecular complexity index is 1140. The van der Waals surface area contributed by atoms with E-state index >= 15 is 0 Å². The maximum absolute atomic E-state index is 13.1. The molecule has 1 aliphatic rings. The molecule has 4 rings (SSSR count). The minimum atomic E-state index is -4.64. The summed E-state index contributed by atoms with van der Waals surface area (Å²) < 4.78 is 66.0. The molecule has 0 radical (unpaired) electrons. The van der Waals surface area contributed by atoms with Gasteiger partial charge in [-0.2, -0.15) is 18.3 Å². The number of alkyl halides is 5. The molecule has 0 bridgehead atoms. The van der Waals surface area contributed by atoms with E-state index in [-0.39, 0.29) is 11.3 Å². The third-order valence-electron chi connectivity index (χ3n) is 5.16. The largest absolute Gasteiger partial charge is 0.433 e. The van der Waals surface area contributed by atoms with Crippen molar-refractivity contribution in [3.8, 4) is 0 Å². The first kappa shape index (κ1) is 20.2. The van der Waals surface area contributed by atoms with Crippen LogP contribution in [0.5, 0.6) is 0 Å². The molecule has 1 unspecified atom stereocenters. The number of imidazole rings is 1. The molecule has 1 aliphatic carbocycles. The number of rotatable bonds is 3. The smallest absolute Gasteiger partial charge is 0.325 e. The summed E-state index contributed by atoms with van der Waals surface area (Å²) in [4.78, 5) is 20.1. The lowest BCUT2D eigenvalue weighted by Crippen LogP contribution is -2.22. The fourth-order valence-electron chi connectivity index (χ4n) is 3.88. The van der Waals surface area contributed by atoms with E-state index in [1.165, 1.54) is 16.8 Å².